The minimum Gasteiger partial charge on any atom is -0.398 e. The number of carbonyl (C=O) groups is 1. The zero-order valence-corrected chi connectivity index (χ0v) is 10.7. The Morgan fingerprint density at radius 2 is 2.31 bits per heavy atom. The summed E-state index contributed by atoms with van der Waals surface area (Å²) < 4.78 is 5.87. The first-order chi connectivity index (χ1) is 7.63. The molecule has 16 heavy (non-hydrogen) atoms. The van der Waals surface area contributed by atoms with Crippen molar-refractivity contribution in [1.29, 1.82) is 0 Å². The smallest absolute Gasteiger partial charge is 0.226 e. The molecule has 0 atom stereocenters. The molecule has 0 aliphatic heterocycles. The van der Waals surface area contributed by atoms with Crippen molar-refractivity contribution < 1.29 is 9.53 Å². The van der Waals surface area contributed by atoms with Crippen LogP contribution in [-0.4, -0.2) is 19.1 Å². The van der Waals surface area contributed by atoms with Crippen LogP contribution in [0.25, 0.3) is 0 Å². The lowest BCUT2D eigenvalue weighted by Gasteiger charge is -2.06. The maximum absolute atomic E-state index is 11.4. The number of nitrogen functional groups attached to an aromatic ring is 1. The fraction of sp³-hybridized carbons (Fsp3) is 0.364. The summed E-state index contributed by atoms with van der Waals surface area (Å²) in [6.45, 7) is 2.97. The van der Waals surface area contributed by atoms with E-state index in [4.69, 9.17) is 10.5 Å². The molecule has 0 saturated heterocycles. The number of hydrogen-bond donors (Lipinski definition) is 2. The Morgan fingerprint density at radius 1 is 1.56 bits per heavy atom. The fourth-order valence-electron chi connectivity index (χ4n) is 1.14. The van der Waals surface area contributed by atoms with Crippen LogP contribution in [0.3, 0.4) is 0 Å². The lowest BCUT2D eigenvalue weighted by atomic mass is 10.3. The van der Waals surface area contributed by atoms with E-state index in [1.54, 1.807) is 18.2 Å². The van der Waals surface area contributed by atoms with Gasteiger partial charge in [-0.25, -0.2) is 0 Å². The van der Waals surface area contributed by atoms with Crippen molar-refractivity contribution in [3.05, 3.63) is 22.7 Å². The maximum Gasteiger partial charge on any atom is 0.226 e. The van der Waals surface area contributed by atoms with Crippen molar-refractivity contribution in [3.8, 4) is 0 Å². The molecule has 0 spiro atoms. The van der Waals surface area contributed by atoms with Crippen LogP contribution in [0.4, 0.5) is 11.4 Å². The summed E-state index contributed by atoms with van der Waals surface area (Å²) in [5.74, 6) is -0.0647. The molecular formula is C11H15BrN2O2. The van der Waals surface area contributed by atoms with E-state index in [1.165, 1.54) is 0 Å². The summed E-state index contributed by atoms with van der Waals surface area (Å²) in [5.41, 5.74) is 7.01. The molecule has 0 heterocycles. The van der Waals surface area contributed by atoms with Crippen molar-refractivity contribution in [2.24, 2.45) is 0 Å². The Morgan fingerprint density at radius 3 is 2.94 bits per heavy atom. The van der Waals surface area contributed by atoms with E-state index >= 15 is 0 Å². The van der Waals surface area contributed by atoms with Crippen molar-refractivity contribution in [2.75, 3.05) is 24.3 Å². The SMILES string of the molecule is CCOCCC(=O)Nc1ccc(N)c(Br)c1. The number of carbonyl (C=O) groups excluding carboxylic acids is 1. The van der Waals surface area contributed by atoms with Gasteiger partial charge in [0.15, 0.2) is 0 Å². The Bertz CT molecular complexity index is 369. The molecule has 0 fully saturated rings. The van der Waals surface area contributed by atoms with Crippen LogP contribution in [0.5, 0.6) is 0 Å². The predicted octanol–water partition coefficient (Wildman–Crippen LogP) is 2.40. The van der Waals surface area contributed by atoms with Crippen molar-refractivity contribution in [3.63, 3.8) is 0 Å². The molecule has 0 bridgehead atoms. The molecular weight excluding hydrogens is 272 g/mol. The Hall–Kier alpha value is -1.07. The van der Waals surface area contributed by atoms with Crippen molar-refractivity contribution >= 4 is 33.2 Å². The second kappa shape index (κ2) is 6.50. The van der Waals surface area contributed by atoms with Gasteiger partial charge in [-0.2, -0.15) is 0 Å². The summed E-state index contributed by atoms with van der Waals surface area (Å²) in [6.07, 6.45) is 0.357. The molecule has 3 N–H and O–H groups in total. The first-order valence-corrected chi connectivity index (χ1v) is 5.85. The van der Waals surface area contributed by atoms with E-state index < -0.39 is 0 Å². The van der Waals surface area contributed by atoms with Gasteiger partial charge < -0.3 is 15.8 Å². The van der Waals surface area contributed by atoms with Gasteiger partial charge in [0.05, 0.1) is 13.0 Å². The van der Waals surface area contributed by atoms with Crippen LogP contribution < -0.4 is 11.1 Å². The molecule has 4 nitrogen and oxygen atoms in total. The number of halogens is 1. The maximum atomic E-state index is 11.4. The summed E-state index contributed by atoms with van der Waals surface area (Å²) in [5, 5.41) is 2.76. The van der Waals surface area contributed by atoms with E-state index in [0.717, 1.165) is 10.2 Å². The number of ether oxygens (including phenoxy) is 1. The normalized spacial score (nSPS) is 10.1. The molecule has 0 saturated carbocycles. The van der Waals surface area contributed by atoms with Crippen LogP contribution in [0, 0.1) is 0 Å². The molecule has 0 aliphatic carbocycles. The zero-order valence-electron chi connectivity index (χ0n) is 9.13. The van der Waals surface area contributed by atoms with Gasteiger partial charge in [0.1, 0.15) is 0 Å². The topological polar surface area (TPSA) is 64.3 Å². The Labute approximate surface area is 103 Å². The number of benzene rings is 1. The van der Waals surface area contributed by atoms with Crippen LogP contribution in [0.15, 0.2) is 22.7 Å². The van der Waals surface area contributed by atoms with Gasteiger partial charge in [-0.05, 0) is 41.1 Å². The first kappa shape index (κ1) is 13.0. The molecule has 88 valence electrons. The van der Waals surface area contributed by atoms with E-state index in [1.807, 2.05) is 6.92 Å². The van der Waals surface area contributed by atoms with Gasteiger partial charge in [-0.3, -0.25) is 4.79 Å². The standard InChI is InChI=1S/C11H15BrN2O2/c1-2-16-6-5-11(15)14-8-3-4-10(13)9(12)7-8/h3-4,7H,2,5-6,13H2,1H3,(H,14,15). The second-order valence-electron chi connectivity index (χ2n) is 3.23. The quantitative estimate of drug-likeness (QED) is 0.645. The molecule has 1 aromatic rings. The summed E-state index contributed by atoms with van der Waals surface area (Å²) in [7, 11) is 0. The van der Waals surface area contributed by atoms with Crippen molar-refractivity contribution in [2.45, 2.75) is 13.3 Å². The van der Waals surface area contributed by atoms with Gasteiger partial charge in [-0.1, -0.05) is 0 Å². The average Bonchev–Trinajstić information content (AvgIpc) is 2.24. The number of rotatable bonds is 5. The van der Waals surface area contributed by atoms with E-state index in [2.05, 4.69) is 21.2 Å². The fourth-order valence-corrected chi connectivity index (χ4v) is 1.52. The third kappa shape index (κ3) is 4.20. The first-order valence-electron chi connectivity index (χ1n) is 5.06. The van der Waals surface area contributed by atoms with Crippen LogP contribution >= 0.6 is 15.9 Å². The summed E-state index contributed by atoms with van der Waals surface area (Å²) >= 11 is 3.30. The monoisotopic (exact) mass is 286 g/mol. The van der Waals surface area contributed by atoms with E-state index in [9.17, 15) is 4.79 Å². The van der Waals surface area contributed by atoms with E-state index in [-0.39, 0.29) is 5.91 Å². The number of amides is 1. The van der Waals surface area contributed by atoms with Gasteiger partial charge >= 0.3 is 0 Å². The van der Waals surface area contributed by atoms with Gasteiger partial charge in [0, 0.05) is 22.5 Å². The predicted molar refractivity (Wildman–Crippen MR) is 68.3 cm³/mol. The Balaban J connectivity index is 2.46. The van der Waals surface area contributed by atoms with Crippen LogP contribution in [0.1, 0.15) is 13.3 Å². The molecule has 1 rings (SSSR count). The second-order valence-corrected chi connectivity index (χ2v) is 4.09. The highest BCUT2D eigenvalue weighted by Gasteiger charge is 2.03. The van der Waals surface area contributed by atoms with Gasteiger partial charge in [0.2, 0.25) is 5.91 Å². The van der Waals surface area contributed by atoms with Gasteiger partial charge in [-0.15, -0.1) is 0 Å². The van der Waals surface area contributed by atoms with Crippen LogP contribution in [-0.2, 0) is 9.53 Å². The zero-order chi connectivity index (χ0) is 12.0. The largest absolute Gasteiger partial charge is 0.398 e. The lowest BCUT2D eigenvalue weighted by molar-refractivity contribution is -0.117. The summed E-state index contributed by atoms with van der Waals surface area (Å²) in [6, 6.07) is 5.27. The molecule has 5 heteroatoms. The third-order valence-corrected chi connectivity index (χ3v) is 2.65. The van der Waals surface area contributed by atoms with Crippen LogP contribution in [0.2, 0.25) is 0 Å². The lowest BCUT2D eigenvalue weighted by Crippen LogP contribution is -2.14. The molecule has 0 unspecified atom stereocenters. The number of anilines is 2. The molecule has 1 amide bonds. The Kier molecular flexibility index (Phi) is 5.28. The highest BCUT2D eigenvalue weighted by atomic mass is 79.9. The van der Waals surface area contributed by atoms with E-state index in [0.29, 0.717) is 25.3 Å². The minimum absolute atomic E-state index is 0.0647. The van der Waals surface area contributed by atoms with Crippen molar-refractivity contribution in [1.82, 2.24) is 0 Å². The molecule has 0 aliphatic rings. The minimum atomic E-state index is -0.0647. The highest BCUT2D eigenvalue weighted by Crippen LogP contribution is 2.23. The number of hydrogen-bond acceptors (Lipinski definition) is 3. The van der Waals surface area contributed by atoms with Gasteiger partial charge in [0.25, 0.3) is 0 Å². The third-order valence-electron chi connectivity index (χ3n) is 1.96. The molecule has 0 aromatic heterocycles. The number of nitrogens with two attached hydrogens (primary N) is 1. The number of nitrogens with one attached hydrogen (secondary N) is 1. The summed E-state index contributed by atoms with van der Waals surface area (Å²) in [4.78, 5) is 11.4. The highest BCUT2D eigenvalue weighted by molar-refractivity contribution is 9.10. The molecule has 0 radical (unpaired) electrons. The average molecular weight is 287 g/mol. The molecule has 1 aromatic carbocycles.